The first-order valence-electron chi connectivity index (χ1n) is 8.27. The van der Waals surface area contributed by atoms with Gasteiger partial charge < -0.3 is 9.63 Å². The standard InChI is InChI=1S/C20H28NO3/c1-18(2,3)13-9-12(10-14(17(13)22)19(4,5)6)15-11-16(24-21-15)20(7,8)23/h9-11,22H,1-8H3. The van der Waals surface area contributed by atoms with Gasteiger partial charge in [-0.15, -0.1) is 0 Å². The Morgan fingerprint density at radius 1 is 0.875 bits per heavy atom. The summed E-state index contributed by atoms with van der Waals surface area (Å²) >= 11 is 0. The number of hydrogen-bond acceptors (Lipinski definition) is 3. The molecule has 24 heavy (non-hydrogen) atoms. The van der Waals surface area contributed by atoms with Gasteiger partial charge in [0.05, 0.1) is 0 Å². The van der Waals surface area contributed by atoms with Crippen molar-refractivity contribution in [3.8, 4) is 17.0 Å². The number of phenols is 1. The second kappa shape index (κ2) is 5.62. The quantitative estimate of drug-likeness (QED) is 0.811. The molecule has 1 radical (unpaired) electrons. The highest BCUT2D eigenvalue weighted by Crippen LogP contribution is 2.42. The third-order valence-electron chi connectivity index (χ3n) is 4.13. The summed E-state index contributed by atoms with van der Waals surface area (Å²) in [7, 11) is 0. The van der Waals surface area contributed by atoms with Gasteiger partial charge in [0.2, 0.25) is 0 Å². The van der Waals surface area contributed by atoms with Crippen molar-refractivity contribution in [1.29, 1.82) is 0 Å². The molecule has 1 N–H and O–H groups in total. The molecule has 0 fully saturated rings. The number of aromatic nitrogens is 1. The Bertz CT molecular complexity index is 702. The molecule has 2 aromatic rings. The van der Waals surface area contributed by atoms with Crippen LogP contribution in [0.25, 0.3) is 11.3 Å². The van der Waals surface area contributed by atoms with Crippen molar-refractivity contribution in [3.05, 3.63) is 35.1 Å². The Hall–Kier alpha value is -1.81. The molecule has 4 nitrogen and oxygen atoms in total. The van der Waals surface area contributed by atoms with Crippen molar-refractivity contribution >= 4 is 0 Å². The molecule has 0 aliphatic heterocycles. The average molecular weight is 330 g/mol. The van der Waals surface area contributed by atoms with Crippen molar-refractivity contribution in [3.63, 3.8) is 0 Å². The minimum absolute atomic E-state index is 0.218. The van der Waals surface area contributed by atoms with Crippen LogP contribution in [-0.4, -0.2) is 10.3 Å². The Balaban J connectivity index is 2.69. The maximum Gasteiger partial charge on any atom is 0.171 e. The van der Waals surface area contributed by atoms with Crippen molar-refractivity contribution in [2.75, 3.05) is 0 Å². The molecular weight excluding hydrogens is 302 g/mol. The molecule has 1 aromatic heterocycles. The molecule has 1 heterocycles. The number of benzene rings is 1. The third-order valence-corrected chi connectivity index (χ3v) is 4.13. The Kier molecular flexibility index (Phi) is 4.34. The van der Waals surface area contributed by atoms with E-state index in [1.165, 1.54) is 0 Å². The zero-order valence-electron chi connectivity index (χ0n) is 15.9. The van der Waals surface area contributed by atoms with Crippen molar-refractivity contribution in [2.24, 2.45) is 0 Å². The minimum Gasteiger partial charge on any atom is -0.507 e. The van der Waals surface area contributed by atoms with Gasteiger partial charge in [0, 0.05) is 22.8 Å². The van der Waals surface area contributed by atoms with Crippen molar-refractivity contribution in [2.45, 2.75) is 71.8 Å². The van der Waals surface area contributed by atoms with E-state index in [1.807, 2.05) is 12.1 Å². The van der Waals surface area contributed by atoms with Crippen LogP contribution in [-0.2, 0) is 21.5 Å². The van der Waals surface area contributed by atoms with E-state index in [1.54, 1.807) is 19.9 Å². The van der Waals surface area contributed by atoms with Gasteiger partial charge in [-0.2, -0.15) is 0 Å². The van der Waals surface area contributed by atoms with Crippen LogP contribution in [0.4, 0.5) is 0 Å². The van der Waals surface area contributed by atoms with Crippen LogP contribution < -0.4 is 0 Å². The summed E-state index contributed by atoms with van der Waals surface area (Å²) in [5.74, 6) is 0.631. The van der Waals surface area contributed by atoms with Gasteiger partial charge in [0.15, 0.2) is 11.4 Å². The van der Waals surface area contributed by atoms with Crippen LogP contribution in [0.1, 0.15) is 72.3 Å². The molecule has 0 amide bonds. The van der Waals surface area contributed by atoms with Crippen LogP contribution in [0, 0.1) is 0 Å². The lowest BCUT2D eigenvalue weighted by atomic mass is 9.78. The number of hydrogen-bond donors (Lipinski definition) is 1. The van der Waals surface area contributed by atoms with Gasteiger partial charge >= 0.3 is 0 Å². The summed E-state index contributed by atoms with van der Waals surface area (Å²) in [4.78, 5) is 0. The average Bonchev–Trinajstić information content (AvgIpc) is 2.85. The maximum atomic E-state index is 12.1. The SMILES string of the molecule is CC(C)(C)c1cc(-c2cc(C(C)(C)[O])on2)cc(C(C)(C)C)c1O. The summed E-state index contributed by atoms with van der Waals surface area (Å²) in [6, 6.07) is 5.56. The number of rotatable bonds is 2. The van der Waals surface area contributed by atoms with Crippen LogP contribution in [0.15, 0.2) is 22.7 Å². The fraction of sp³-hybridized carbons (Fsp3) is 0.550. The van der Waals surface area contributed by atoms with E-state index in [9.17, 15) is 10.2 Å². The summed E-state index contributed by atoms with van der Waals surface area (Å²) in [5, 5.41) is 26.9. The Labute approximate surface area is 144 Å². The molecule has 0 aliphatic carbocycles. The van der Waals surface area contributed by atoms with Gasteiger partial charge in [-0.1, -0.05) is 46.7 Å². The van der Waals surface area contributed by atoms with E-state index in [2.05, 4.69) is 46.7 Å². The third kappa shape index (κ3) is 3.64. The fourth-order valence-electron chi connectivity index (χ4n) is 2.62. The highest BCUT2D eigenvalue weighted by Gasteiger charge is 2.29. The second-order valence-corrected chi connectivity index (χ2v) is 9.01. The summed E-state index contributed by atoms with van der Waals surface area (Å²) in [6.07, 6.45) is 0. The second-order valence-electron chi connectivity index (χ2n) is 9.01. The number of nitrogens with zero attached hydrogens (tertiary/aromatic N) is 1. The molecule has 1 aromatic carbocycles. The molecule has 0 spiro atoms. The molecule has 0 aliphatic rings. The van der Waals surface area contributed by atoms with E-state index < -0.39 is 5.60 Å². The highest BCUT2D eigenvalue weighted by molar-refractivity contribution is 5.66. The minimum atomic E-state index is -1.33. The normalized spacial score (nSPS) is 13.4. The Morgan fingerprint density at radius 2 is 1.33 bits per heavy atom. The zero-order chi connectivity index (χ0) is 18.5. The zero-order valence-corrected chi connectivity index (χ0v) is 15.9. The summed E-state index contributed by atoms with van der Waals surface area (Å²) in [5.41, 5.74) is 1.41. The van der Waals surface area contributed by atoms with Gasteiger partial charge in [-0.3, -0.25) is 0 Å². The predicted octanol–water partition coefficient (Wildman–Crippen LogP) is 5.31. The van der Waals surface area contributed by atoms with Crippen LogP contribution in [0.5, 0.6) is 5.75 Å². The fourth-order valence-corrected chi connectivity index (χ4v) is 2.62. The molecule has 0 unspecified atom stereocenters. The molecule has 4 heteroatoms. The molecule has 0 bridgehead atoms. The van der Waals surface area contributed by atoms with Gasteiger partial charge in [-0.05, 0) is 36.8 Å². The molecular formula is C20H28NO3. The smallest absolute Gasteiger partial charge is 0.171 e. The first kappa shape index (κ1) is 18.5. The topological polar surface area (TPSA) is 66.2 Å². The van der Waals surface area contributed by atoms with E-state index in [-0.39, 0.29) is 10.8 Å². The van der Waals surface area contributed by atoms with E-state index in [0.717, 1.165) is 16.7 Å². The number of phenolic OH excluding ortho intramolecular Hbond substituents is 1. The van der Waals surface area contributed by atoms with E-state index >= 15 is 0 Å². The first-order chi connectivity index (χ1) is 10.7. The molecule has 131 valence electrons. The van der Waals surface area contributed by atoms with Gasteiger partial charge in [0.1, 0.15) is 11.4 Å². The highest BCUT2D eigenvalue weighted by atomic mass is 16.5. The van der Waals surface area contributed by atoms with Gasteiger partial charge in [-0.25, -0.2) is 5.11 Å². The molecule has 2 rings (SSSR count). The largest absolute Gasteiger partial charge is 0.507 e. The predicted molar refractivity (Wildman–Crippen MR) is 94.7 cm³/mol. The monoisotopic (exact) mass is 330 g/mol. The first-order valence-corrected chi connectivity index (χ1v) is 8.27. The number of aromatic hydroxyl groups is 1. The van der Waals surface area contributed by atoms with E-state index in [4.69, 9.17) is 4.52 Å². The van der Waals surface area contributed by atoms with Crippen molar-refractivity contribution < 1.29 is 14.7 Å². The molecule has 0 atom stereocenters. The Morgan fingerprint density at radius 3 is 1.67 bits per heavy atom. The van der Waals surface area contributed by atoms with Crippen LogP contribution in [0.2, 0.25) is 0 Å². The molecule has 0 saturated heterocycles. The summed E-state index contributed by atoms with van der Waals surface area (Å²) < 4.78 is 5.24. The summed E-state index contributed by atoms with van der Waals surface area (Å²) in [6.45, 7) is 15.5. The van der Waals surface area contributed by atoms with Crippen LogP contribution in [0.3, 0.4) is 0 Å². The maximum absolute atomic E-state index is 12.1. The van der Waals surface area contributed by atoms with Crippen LogP contribution >= 0.6 is 0 Å². The van der Waals surface area contributed by atoms with E-state index in [0.29, 0.717) is 17.2 Å². The van der Waals surface area contributed by atoms with Crippen molar-refractivity contribution in [1.82, 2.24) is 5.16 Å². The lowest BCUT2D eigenvalue weighted by Crippen LogP contribution is -2.17. The lowest BCUT2D eigenvalue weighted by Gasteiger charge is -2.28. The lowest BCUT2D eigenvalue weighted by molar-refractivity contribution is -0.0226. The molecule has 0 saturated carbocycles. The van der Waals surface area contributed by atoms with Gasteiger partial charge in [0.25, 0.3) is 0 Å².